The van der Waals surface area contributed by atoms with Crippen LogP contribution in [0.5, 0.6) is 0 Å². The van der Waals surface area contributed by atoms with Gasteiger partial charge in [-0.1, -0.05) is 40.0 Å². The molecule has 15 heavy (non-hydrogen) atoms. The Labute approximate surface area is 95.6 Å². The number of ether oxygens (including phenoxy) is 1. The quantitative estimate of drug-likeness (QED) is 0.640. The van der Waals surface area contributed by atoms with Crippen LogP contribution >= 0.6 is 0 Å². The van der Waals surface area contributed by atoms with Crippen molar-refractivity contribution in [2.75, 3.05) is 6.61 Å². The lowest BCUT2D eigenvalue weighted by Gasteiger charge is -2.23. The van der Waals surface area contributed by atoms with Gasteiger partial charge in [-0.2, -0.15) is 0 Å². The maximum absolute atomic E-state index is 6.15. The first-order valence-electron chi connectivity index (χ1n) is 6.48. The highest BCUT2D eigenvalue weighted by Crippen LogP contribution is 2.13. The first-order chi connectivity index (χ1) is 7.11. The lowest BCUT2D eigenvalue weighted by atomic mass is 9.98. The van der Waals surface area contributed by atoms with Crippen LogP contribution in [0, 0.1) is 5.92 Å². The molecule has 0 bridgehead atoms. The molecule has 0 aliphatic heterocycles. The van der Waals surface area contributed by atoms with E-state index in [1.165, 1.54) is 12.8 Å². The van der Waals surface area contributed by atoms with Crippen LogP contribution < -0.4 is 5.73 Å². The Morgan fingerprint density at radius 2 is 1.73 bits per heavy atom. The Kier molecular flexibility index (Phi) is 9.12. The molecule has 0 aliphatic carbocycles. The van der Waals surface area contributed by atoms with Gasteiger partial charge in [-0.25, -0.2) is 0 Å². The topological polar surface area (TPSA) is 35.2 Å². The van der Waals surface area contributed by atoms with Crippen molar-refractivity contribution < 1.29 is 4.74 Å². The van der Waals surface area contributed by atoms with Crippen molar-refractivity contribution in [3.8, 4) is 0 Å². The van der Waals surface area contributed by atoms with Gasteiger partial charge in [0.25, 0.3) is 0 Å². The Morgan fingerprint density at radius 3 is 2.20 bits per heavy atom. The molecule has 92 valence electrons. The number of hydrogen-bond donors (Lipinski definition) is 1. The van der Waals surface area contributed by atoms with E-state index in [2.05, 4.69) is 20.8 Å². The van der Waals surface area contributed by atoms with Gasteiger partial charge in [0.05, 0.1) is 6.10 Å². The molecule has 0 rings (SSSR count). The fourth-order valence-electron chi connectivity index (χ4n) is 1.87. The molecule has 0 saturated heterocycles. The van der Waals surface area contributed by atoms with E-state index in [-0.39, 0.29) is 12.1 Å². The third-order valence-corrected chi connectivity index (χ3v) is 2.75. The molecule has 0 radical (unpaired) electrons. The molecule has 0 heterocycles. The number of hydrogen-bond acceptors (Lipinski definition) is 2. The molecule has 2 unspecified atom stereocenters. The Morgan fingerprint density at radius 1 is 1.07 bits per heavy atom. The predicted octanol–water partition coefficient (Wildman–Crippen LogP) is 3.35. The Balaban J connectivity index is 3.74. The first kappa shape index (κ1) is 14.9. The summed E-state index contributed by atoms with van der Waals surface area (Å²) in [5.74, 6) is 0.786. The van der Waals surface area contributed by atoms with Gasteiger partial charge in [0.1, 0.15) is 0 Å². The predicted molar refractivity (Wildman–Crippen MR) is 67.0 cm³/mol. The van der Waals surface area contributed by atoms with Gasteiger partial charge in [0.15, 0.2) is 0 Å². The minimum absolute atomic E-state index is 0.226. The summed E-state index contributed by atoms with van der Waals surface area (Å²) < 4.78 is 5.68. The van der Waals surface area contributed by atoms with E-state index in [0.29, 0.717) is 0 Å². The lowest BCUT2D eigenvalue weighted by molar-refractivity contribution is 0.0351. The Hall–Kier alpha value is -0.0800. The molecule has 2 nitrogen and oxygen atoms in total. The summed E-state index contributed by atoms with van der Waals surface area (Å²) in [4.78, 5) is 0. The normalized spacial score (nSPS) is 15.6. The summed E-state index contributed by atoms with van der Waals surface area (Å²) in [5, 5.41) is 0. The summed E-state index contributed by atoms with van der Waals surface area (Å²) in [5.41, 5.74) is 6.15. The molecule has 0 amide bonds. The lowest BCUT2D eigenvalue weighted by Crippen LogP contribution is -2.36. The number of rotatable bonds is 9. The largest absolute Gasteiger partial charge is 0.377 e. The Bertz CT molecular complexity index is 130. The van der Waals surface area contributed by atoms with Crippen molar-refractivity contribution in [1.82, 2.24) is 0 Å². The van der Waals surface area contributed by atoms with Gasteiger partial charge in [0.2, 0.25) is 0 Å². The van der Waals surface area contributed by atoms with Gasteiger partial charge in [-0.05, 0) is 25.7 Å². The zero-order valence-corrected chi connectivity index (χ0v) is 11.0. The average molecular weight is 215 g/mol. The maximum atomic E-state index is 6.15. The van der Waals surface area contributed by atoms with Crippen LogP contribution in [0.2, 0.25) is 0 Å². The van der Waals surface area contributed by atoms with Crippen LogP contribution in [-0.2, 0) is 4.74 Å². The van der Waals surface area contributed by atoms with E-state index in [9.17, 15) is 0 Å². The molecule has 0 aromatic heterocycles. The molecule has 0 aliphatic rings. The average Bonchev–Trinajstić information content (AvgIpc) is 2.16. The van der Waals surface area contributed by atoms with Crippen LogP contribution in [-0.4, -0.2) is 18.8 Å². The summed E-state index contributed by atoms with van der Waals surface area (Å²) in [6, 6.07) is 0.226. The minimum atomic E-state index is 0.226. The highest BCUT2D eigenvalue weighted by Gasteiger charge is 2.16. The van der Waals surface area contributed by atoms with E-state index >= 15 is 0 Å². The monoisotopic (exact) mass is 215 g/mol. The highest BCUT2D eigenvalue weighted by molar-refractivity contribution is 4.73. The summed E-state index contributed by atoms with van der Waals surface area (Å²) in [6.45, 7) is 9.54. The standard InChI is InChI=1S/C13H29NO/c1-5-8-13(15-6-2)12(14)10-7-9-11(3)4/h11-13H,5-10,14H2,1-4H3. The van der Waals surface area contributed by atoms with E-state index in [1.54, 1.807) is 0 Å². The summed E-state index contributed by atoms with van der Waals surface area (Å²) in [7, 11) is 0. The highest BCUT2D eigenvalue weighted by atomic mass is 16.5. The van der Waals surface area contributed by atoms with Crippen LogP contribution in [0.1, 0.15) is 59.8 Å². The zero-order chi connectivity index (χ0) is 11.7. The van der Waals surface area contributed by atoms with Crippen molar-refractivity contribution in [1.29, 1.82) is 0 Å². The maximum Gasteiger partial charge on any atom is 0.0725 e. The number of nitrogens with two attached hydrogens (primary N) is 1. The molecule has 2 N–H and O–H groups in total. The van der Waals surface area contributed by atoms with Gasteiger partial charge < -0.3 is 10.5 Å². The first-order valence-corrected chi connectivity index (χ1v) is 6.48. The molecular weight excluding hydrogens is 186 g/mol. The molecule has 0 saturated carbocycles. The molecule has 2 heteroatoms. The van der Waals surface area contributed by atoms with Crippen molar-refractivity contribution in [3.05, 3.63) is 0 Å². The molecular formula is C13H29NO. The zero-order valence-electron chi connectivity index (χ0n) is 11.0. The smallest absolute Gasteiger partial charge is 0.0725 e. The fraction of sp³-hybridized carbons (Fsp3) is 1.00. The van der Waals surface area contributed by atoms with E-state index in [0.717, 1.165) is 31.8 Å². The van der Waals surface area contributed by atoms with E-state index in [1.807, 2.05) is 6.92 Å². The molecule has 0 aromatic carbocycles. The SMILES string of the molecule is CCCC(OCC)C(N)CCCC(C)C. The van der Waals surface area contributed by atoms with Gasteiger partial charge in [-0.3, -0.25) is 0 Å². The summed E-state index contributed by atoms with van der Waals surface area (Å²) in [6.07, 6.45) is 6.12. The molecule has 2 atom stereocenters. The van der Waals surface area contributed by atoms with Crippen LogP contribution in [0.3, 0.4) is 0 Å². The third-order valence-electron chi connectivity index (χ3n) is 2.75. The van der Waals surface area contributed by atoms with Gasteiger partial charge >= 0.3 is 0 Å². The van der Waals surface area contributed by atoms with Crippen LogP contribution in [0.4, 0.5) is 0 Å². The third kappa shape index (κ3) is 7.80. The van der Waals surface area contributed by atoms with E-state index in [4.69, 9.17) is 10.5 Å². The second-order valence-corrected chi connectivity index (χ2v) is 4.77. The molecule has 0 aromatic rings. The fourth-order valence-corrected chi connectivity index (χ4v) is 1.87. The van der Waals surface area contributed by atoms with Crippen molar-refractivity contribution in [3.63, 3.8) is 0 Å². The second kappa shape index (κ2) is 9.17. The van der Waals surface area contributed by atoms with Crippen molar-refractivity contribution >= 4 is 0 Å². The molecule has 0 spiro atoms. The summed E-state index contributed by atoms with van der Waals surface area (Å²) >= 11 is 0. The van der Waals surface area contributed by atoms with Crippen molar-refractivity contribution in [2.24, 2.45) is 11.7 Å². The van der Waals surface area contributed by atoms with E-state index < -0.39 is 0 Å². The van der Waals surface area contributed by atoms with Crippen LogP contribution in [0.15, 0.2) is 0 Å². The minimum Gasteiger partial charge on any atom is -0.377 e. The molecule has 0 fully saturated rings. The van der Waals surface area contributed by atoms with Gasteiger partial charge in [-0.15, -0.1) is 0 Å². The van der Waals surface area contributed by atoms with Gasteiger partial charge in [0, 0.05) is 12.6 Å². The van der Waals surface area contributed by atoms with Crippen molar-refractivity contribution in [2.45, 2.75) is 71.9 Å². The van der Waals surface area contributed by atoms with Crippen LogP contribution in [0.25, 0.3) is 0 Å². The second-order valence-electron chi connectivity index (χ2n) is 4.77.